The number of hydrogen-bond acceptors (Lipinski definition) is 9. The summed E-state index contributed by atoms with van der Waals surface area (Å²) in [6.45, 7) is 2.37. The van der Waals surface area contributed by atoms with Crippen molar-refractivity contribution in [3.05, 3.63) is 47.6 Å². The molecule has 32 heavy (non-hydrogen) atoms. The molecule has 1 saturated carbocycles. The first-order chi connectivity index (χ1) is 15.6. The van der Waals surface area contributed by atoms with E-state index in [1.54, 1.807) is 24.9 Å². The molecular weight excluding hydrogens is 412 g/mol. The number of oxazole rings is 1. The highest BCUT2D eigenvalue weighted by Gasteiger charge is 2.32. The lowest BCUT2D eigenvalue weighted by Gasteiger charge is -2.28. The number of aliphatic hydroxyl groups excluding tert-OH is 1. The van der Waals surface area contributed by atoms with Crippen LogP contribution in [-0.2, 0) is 6.54 Å². The number of rotatable bonds is 7. The fourth-order valence-electron chi connectivity index (χ4n) is 3.87. The molecule has 0 bridgehead atoms. The van der Waals surface area contributed by atoms with E-state index in [-0.39, 0.29) is 12.0 Å². The number of aliphatic hydroxyl groups is 1. The largest absolute Gasteiger partial charge is 0.497 e. The van der Waals surface area contributed by atoms with Crippen molar-refractivity contribution in [3.63, 3.8) is 0 Å². The van der Waals surface area contributed by atoms with Gasteiger partial charge in [0.2, 0.25) is 11.8 Å². The van der Waals surface area contributed by atoms with Crippen molar-refractivity contribution in [2.24, 2.45) is 0 Å². The third-order valence-electron chi connectivity index (χ3n) is 5.78. The first-order valence-corrected chi connectivity index (χ1v) is 10.4. The third kappa shape index (κ3) is 3.52. The van der Waals surface area contributed by atoms with Gasteiger partial charge in [-0.25, -0.2) is 15.0 Å². The van der Waals surface area contributed by atoms with Gasteiger partial charge in [0.1, 0.15) is 23.5 Å². The Balaban J connectivity index is 1.54. The summed E-state index contributed by atoms with van der Waals surface area (Å²) in [5, 5.41) is 17.8. The number of nitrogens with zero attached hydrogens (tertiary/aromatic N) is 5. The maximum absolute atomic E-state index is 9.70. The van der Waals surface area contributed by atoms with Crippen LogP contribution in [0.4, 0.5) is 5.95 Å². The van der Waals surface area contributed by atoms with Crippen LogP contribution in [0.3, 0.4) is 0 Å². The number of benzene rings is 1. The summed E-state index contributed by atoms with van der Waals surface area (Å²) in [6.07, 6.45) is 4.15. The summed E-state index contributed by atoms with van der Waals surface area (Å²) in [6, 6.07) is 5.65. The Morgan fingerprint density at radius 3 is 2.75 bits per heavy atom. The van der Waals surface area contributed by atoms with Crippen LogP contribution in [-0.4, -0.2) is 50.0 Å². The highest BCUT2D eigenvalue weighted by molar-refractivity contribution is 5.66. The van der Waals surface area contributed by atoms with Gasteiger partial charge in [-0.2, -0.15) is 4.52 Å². The second-order valence-corrected chi connectivity index (χ2v) is 7.81. The minimum absolute atomic E-state index is 0.143. The topological polar surface area (TPSA) is 120 Å². The number of methoxy groups -OCH3 is 2. The number of aromatic nitrogens is 5. The highest BCUT2D eigenvalue weighted by Crippen LogP contribution is 2.36. The second kappa shape index (κ2) is 8.12. The molecule has 166 valence electrons. The van der Waals surface area contributed by atoms with Crippen LogP contribution >= 0.6 is 0 Å². The summed E-state index contributed by atoms with van der Waals surface area (Å²) in [5.74, 6) is 3.19. The fraction of sp³-hybridized carbons (Fsp3) is 0.364. The third-order valence-corrected chi connectivity index (χ3v) is 5.78. The zero-order valence-electron chi connectivity index (χ0n) is 18.1. The molecular formula is C22H24N6O4. The van der Waals surface area contributed by atoms with Crippen LogP contribution in [0.25, 0.3) is 17.2 Å². The molecule has 3 heterocycles. The van der Waals surface area contributed by atoms with Gasteiger partial charge in [0.05, 0.1) is 26.5 Å². The maximum Gasteiger partial charge on any atom is 0.245 e. The predicted molar refractivity (Wildman–Crippen MR) is 116 cm³/mol. The Hall–Kier alpha value is -3.66. The minimum Gasteiger partial charge on any atom is -0.497 e. The Morgan fingerprint density at radius 1 is 1.22 bits per heavy atom. The summed E-state index contributed by atoms with van der Waals surface area (Å²) in [5.41, 5.74) is 3.02. The van der Waals surface area contributed by atoms with E-state index in [4.69, 9.17) is 29.0 Å². The van der Waals surface area contributed by atoms with E-state index in [2.05, 4.69) is 10.3 Å². The van der Waals surface area contributed by atoms with Crippen LogP contribution < -0.4 is 14.8 Å². The van der Waals surface area contributed by atoms with Gasteiger partial charge in [-0.15, -0.1) is 5.10 Å². The van der Waals surface area contributed by atoms with Crippen molar-refractivity contribution < 1.29 is 19.0 Å². The van der Waals surface area contributed by atoms with Crippen molar-refractivity contribution in [1.29, 1.82) is 0 Å². The summed E-state index contributed by atoms with van der Waals surface area (Å²) >= 11 is 0. The molecule has 0 radical (unpaired) electrons. The van der Waals surface area contributed by atoms with Gasteiger partial charge >= 0.3 is 0 Å². The number of anilines is 1. The zero-order valence-corrected chi connectivity index (χ0v) is 18.1. The highest BCUT2D eigenvalue weighted by atomic mass is 16.5. The fourth-order valence-corrected chi connectivity index (χ4v) is 3.87. The number of hydrogen-bond donors (Lipinski definition) is 2. The zero-order chi connectivity index (χ0) is 22.2. The molecule has 10 heteroatoms. The van der Waals surface area contributed by atoms with Crippen molar-refractivity contribution in [2.75, 3.05) is 19.5 Å². The van der Waals surface area contributed by atoms with E-state index < -0.39 is 0 Å². The molecule has 1 aliphatic rings. The molecule has 2 N–H and O–H groups in total. The molecule has 0 aliphatic heterocycles. The van der Waals surface area contributed by atoms with E-state index in [9.17, 15) is 5.11 Å². The van der Waals surface area contributed by atoms with Crippen LogP contribution in [0.1, 0.15) is 35.7 Å². The average Bonchev–Trinajstić information content (AvgIpc) is 3.47. The van der Waals surface area contributed by atoms with Crippen LogP contribution in [0.15, 0.2) is 35.1 Å². The molecule has 0 saturated heterocycles. The second-order valence-electron chi connectivity index (χ2n) is 7.81. The van der Waals surface area contributed by atoms with Gasteiger partial charge in [-0.3, -0.25) is 0 Å². The molecule has 0 spiro atoms. The van der Waals surface area contributed by atoms with Crippen LogP contribution in [0, 0.1) is 6.92 Å². The number of ether oxygens (including phenoxy) is 2. The SMILES string of the molecule is COc1ccc(CNc2nc(-c3ncco3)c(C)c3nc(C4CC(O)C4)nn23)c(OC)c1. The summed E-state index contributed by atoms with van der Waals surface area (Å²) in [7, 11) is 3.24. The monoisotopic (exact) mass is 436 g/mol. The molecule has 4 aromatic rings. The molecule has 0 unspecified atom stereocenters. The van der Waals surface area contributed by atoms with Crippen molar-refractivity contribution in [3.8, 4) is 23.1 Å². The van der Waals surface area contributed by atoms with Gasteiger partial charge in [0.15, 0.2) is 11.5 Å². The predicted octanol–water partition coefficient (Wildman–Crippen LogP) is 2.96. The smallest absolute Gasteiger partial charge is 0.245 e. The molecule has 5 rings (SSSR count). The normalized spacial score (nSPS) is 17.9. The molecule has 0 atom stereocenters. The van der Waals surface area contributed by atoms with Crippen molar-refractivity contribution in [1.82, 2.24) is 24.6 Å². The van der Waals surface area contributed by atoms with E-state index >= 15 is 0 Å². The van der Waals surface area contributed by atoms with E-state index in [1.165, 1.54) is 6.26 Å². The first kappa shape index (κ1) is 20.3. The molecule has 1 fully saturated rings. The first-order valence-electron chi connectivity index (χ1n) is 10.4. The summed E-state index contributed by atoms with van der Waals surface area (Å²) in [4.78, 5) is 13.8. The Morgan fingerprint density at radius 2 is 2.06 bits per heavy atom. The molecule has 0 amide bonds. The van der Waals surface area contributed by atoms with Gasteiger partial charge in [-0.05, 0) is 31.9 Å². The standard InChI is InChI=1S/C22H24N6O4/c1-12-18(21-23-6-7-32-21)25-22(24-11-13-4-5-16(30-2)10-17(13)31-3)28-20(12)26-19(27-28)14-8-15(29)9-14/h4-7,10,14-15,29H,8-9,11H2,1-3H3,(H,24,25). The maximum atomic E-state index is 9.70. The Labute approximate surface area is 184 Å². The average molecular weight is 436 g/mol. The Kier molecular flexibility index (Phi) is 5.14. The van der Waals surface area contributed by atoms with E-state index in [1.807, 2.05) is 25.1 Å². The van der Waals surface area contributed by atoms with Gasteiger partial charge in [-0.1, -0.05) is 0 Å². The quantitative estimate of drug-likeness (QED) is 0.450. The molecule has 10 nitrogen and oxygen atoms in total. The van der Waals surface area contributed by atoms with E-state index in [0.29, 0.717) is 54.1 Å². The molecule has 1 aliphatic carbocycles. The lowest BCUT2D eigenvalue weighted by atomic mass is 9.82. The van der Waals surface area contributed by atoms with Crippen molar-refractivity contribution >= 4 is 11.6 Å². The van der Waals surface area contributed by atoms with Crippen LogP contribution in [0.5, 0.6) is 11.5 Å². The van der Waals surface area contributed by atoms with Gasteiger partial charge in [0, 0.05) is 29.7 Å². The summed E-state index contributed by atoms with van der Waals surface area (Å²) < 4.78 is 18.0. The Bertz CT molecular complexity index is 1250. The number of nitrogens with one attached hydrogen (secondary N) is 1. The van der Waals surface area contributed by atoms with E-state index in [0.717, 1.165) is 16.9 Å². The van der Waals surface area contributed by atoms with Crippen molar-refractivity contribution in [2.45, 2.75) is 38.3 Å². The molecule has 3 aromatic heterocycles. The lowest BCUT2D eigenvalue weighted by Crippen LogP contribution is -2.27. The number of aryl methyl sites for hydroxylation is 1. The number of fused-ring (bicyclic) bond motifs is 1. The molecule has 1 aromatic carbocycles. The van der Waals surface area contributed by atoms with Gasteiger partial charge < -0.3 is 24.3 Å². The minimum atomic E-state index is -0.283. The van der Waals surface area contributed by atoms with Gasteiger partial charge in [0.25, 0.3) is 0 Å². The lowest BCUT2D eigenvalue weighted by molar-refractivity contribution is 0.0717. The van der Waals surface area contributed by atoms with Crippen LogP contribution in [0.2, 0.25) is 0 Å².